The minimum absolute atomic E-state index is 0.243. The van der Waals surface area contributed by atoms with Gasteiger partial charge in [0.05, 0.1) is 17.2 Å². The SMILES string of the molecule is O=S1(=O)CCC(Cc2cn3c(n2)CCC(CO)C3)CC1. The van der Waals surface area contributed by atoms with Crippen molar-refractivity contribution in [1.82, 2.24) is 9.55 Å². The zero-order valence-corrected chi connectivity index (χ0v) is 12.5. The Balaban J connectivity index is 1.63. The minimum Gasteiger partial charge on any atom is -0.396 e. The Labute approximate surface area is 119 Å². The van der Waals surface area contributed by atoms with Gasteiger partial charge in [-0.2, -0.15) is 0 Å². The van der Waals surface area contributed by atoms with Gasteiger partial charge in [0.15, 0.2) is 0 Å². The molecule has 0 amide bonds. The largest absolute Gasteiger partial charge is 0.396 e. The summed E-state index contributed by atoms with van der Waals surface area (Å²) in [5, 5.41) is 9.24. The summed E-state index contributed by atoms with van der Waals surface area (Å²) in [4.78, 5) is 4.68. The molecule has 0 aromatic carbocycles. The zero-order valence-electron chi connectivity index (χ0n) is 11.7. The fraction of sp³-hybridized carbons (Fsp3) is 0.786. The van der Waals surface area contributed by atoms with Crippen LogP contribution >= 0.6 is 0 Å². The number of fused-ring (bicyclic) bond motifs is 1. The first-order chi connectivity index (χ1) is 9.55. The monoisotopic (exact) mass is 298 g/mol. The van der Waals surface area contributed by atoms with Gasteiger partial charge in [0.2, 0.25) is 0 Å². The predicted molar refractivity (Wildman–Crippen MR) is 76.2 cm³/mol. The van der Waals surface area contributed by atoms with Crippen molar-refractivity contribution in [3.8, 4) is 0 Å². The second-order valence-corrected chi connectivity index (χ2v) is 8.49. The molecule has 0 spiro atoms. The van der Waals surface area contributed by atoms with E-state index in [4.69, 9.17) is 0 Å². The Bertz CT molecular complexity index is 565. The van der Waals surface area contributed by atoms with E-state index in [-0.39, 0.29) is 6.61 Å². The summed E-state index contributed by atoms with van der Waals surface area (Å²) in [5.41, 5.74) is 1.09. The molecule has 2 aliphatic rings. The molecule has 3 heterocycles. The first kappa shape index (κ1) is 14.1. The number of aliphatic hydroxyl groups is 1. The average molecular weight is 298 g/mol. The normalized spacial score (nSPS) is 26.4. The number of sulfone groups is 1. The van der Waals surface area contributed by atoms with Crippen molar-refractivity contribution < 1.29 is 13.5 Å². The maximum atomic E-state index is 11.4. The molecule has 0 aliphatic carbocycles. The Morgan fingerprint density at radius 1 is 1.25 bits per heavy atom. The average Bonchev–Trinajstić information content (AvgIpc) is 2.82. The Hall–Kier alpha value is -0.880. The van der Waals surface area contributed by atoms with E-state index in [0.29, 0.717) is 23.3 Å². The molecule has 1 saturated heterocycles. The second-order valence-electron chi connectivity index (χ2n) is 6.19. The molecule has 6 heteroatoms. The lowest BCUT2D eigenvalue weighted by Crippen LogP contribution is -2.24. The van der Waals surface area contributed by atoms with Gasteiger partial charge < -0.3 is 9.67 Å². The van der Waals surface area contributed by atoms with E-state index in [9.17, 15) is 13.5 Å². The third-order valence-corrected chi connectivity index (χ3v) is 6.29. The summed E-state index contributed by atoms with van der Waals surface area (Å²) in [7, 11) is -2.77. The van der Waals surface area contributed by atoms with E-state index in [1.165, 1.54) is 0 Å². The maximum absolute atomic E-state index is 11.4. The standard InChI is InChI=1S/C14H22N2O3S/c17-10-12-1-2-14-15-13(9-16(14)8-12)7-11-3-5-20(18,19)6-4-11/h9,11-12,17H,1-8,10H2. The number of aliphatic hydroxyl groups excluding tert-OH is 1. The molecule has 20 heavy (non-hydrogen) atoms. The van der Waals surface area contributed by atoms with Crippen molar-refractivity contribution >= 4 is 9.84 Å². The first-order valence-corrected chi connectivity index (χ1v) is 9.24. The summed E-state index contributed by atoms with van der Waals surface area (Å²) < 4.78 is 25.0. The first-order valence-electron chi connectivity index (χ1n) is 7.42. The van der Waals surface area contributed by atoms with E-state index in [0.717, 1.165) is 50.2 Å². The molecule has 2 aliphatic heterocycles. The van der Waals surface area contributed by atoms with Gasteiger partial charge in [-0.1, -0.05) is 0 Å². The van der Waals surface area contributed by atoms with Gasteiger partial charge in [-0.15, -0.1) is 0 Å². The number of nitrogens with zero attached hydrogens (tertiary/aromatic N) is 2. The quantitative estimate of drug-likeness (QED) is 0.896. The lowest BCUT2D eigenvalue weighted by Gasteiger charge is -2.21. The van der Waals surface area contributed by atoms with Crippen LogP contribution in [0.1, 0.15) is 30.8 Å². The lowest BCUT2D eigenvalue weighted by atomic mass is 9.97. The second kappa shape index (κ2) is 5.48. The van der Waals surface area contributed by atoms with E-state index in [2.05, 4.69) is 15.7 Å². The third-order valence-electron chi connectivity index (χ3n) is 4.57. The molecular formula is C14H22N2O3S. The summed E-state index contributed by atoms with van der Waals surface area (Å²) >= 11 is 0. The van der Waals surface area contributed by atoms with Crippen LogP contribution in [0.3, 0.4) is 0 Å². The molecule has 0 saturated carbocycles. The Morgan fingerprint density at radius 2 is 2.00 bits per heavy atom. The number of hydrogen-bond donors (Lipinski definition) is 1. The molecule has 112 valence electrons. The van der Waals surface area contributed by atoms with Gasteiger partial charge in [-0.25, -0.2) is 13.4 Å². The predicted octanol–water partition coefficient (Wildman–Crippen LogP) is 0.805. The molecule has 3 rings (SSSR count). The van der Waals surface area contributed by atoms with Gasteiger partial charge in [0.1, 0.15) is 15.7 Å². The topological polar surface area (TPSA) is 72.2 Å². The van der Waals surface area contributed by atoms with Crippen LogP contribution in [0.25, 0.3) is 0 Å². The summed E-state index contributed by atoms with van der Waals surface area (Å²) in [6.07, 6.45) is 6.46. The summed E-state index contributed by atoms with van der Waals surface area (Å²) in [6.45, 7) is 1.10. The molecule has 1 aromatic rings. The van der Waals surface area contributed by atoms with Crippen molar-refractivity contribution in [2.24, 2.45) is 11.8 Å². The van der Waals surface area contributed by atoms with E-state index in [1.54, 1.807) is 0 Å². The van der Waals surface area contributed by atoms with Crippen LogP contribution in [-0.2, 0) is 29.2 Å². The molecule has 0 bridgehead atoms. The Kier molecular flexibility index (Phi) is 3.86. The number of rotatable bonds is 3. The Morgan fingerprint density at radius 3 is 2.70 bits per heavy atom. The van der Waals surface area contributed by atoms with Crippen LogP contribution < -0.4 is 0 Å². The molecule has 0 radical (unpaired) electrons. The van der Waals surface area contributed by atoms with Crippen LogP contribution in [0.15, 0.2) is 6.20 Å². The van der Waals surface area contributed by atoms with Gasteiger partial charge in [-0.05, 0) is 31.6 Å². The van der Waals surface area contributed by atoms with Crippen LogP contribution in [-0.4, -0.2) is 41.2 Å². The van der Waals surface area contributed by atoms with Crippen molar-refractivity contribution in [3.05, 3.63) is 17.7 Å². The van der Waals surface area contributed by atoms with Gasteiger partial charge in [0, 0.05) is 31.7 Å². The van der Waals surface area contributed by atoms with Gasteiger partial charge in [0.25, 0.3) is 0 Å². The minimum atomic E-state index is -2.77. The lowest BCUT2D eigenvalue weighted by molar-refractivity contribution is 0.190. The van der Waals surface area contributed by atoms with E-state index < -0.39 is 9.84 Å². The fourth-order valence-corrected chi connectivity index (χ4v) is 4.85. The van der Waals surface area contributed by atoms with Crippen molar-refractivity contribution in [2.45, 2.75) is 38.6 Å². The van der Waals surface area contributed by atoms with Crippen LogP contribution in [0.4, 0.5) is 0 Å². The van der Waals surface area contributed by atoms with Crippen molar-refractivity contribution in [2.75, 3.05) is 18.1 Å². The highest BCUT2D eigenvalue weighted by molar-refractivity contribution is 7.91. The smallest absolute Gasteiger partial charge is 0.150 e. The highest BCUT2D eigenvalue weighted by atomic mass is 32.2. The van der Waals surface area contributed by atoms with Crippen molar-refractivity contribution in [1.29, 1.82) is 0 Å². The van der Waals surface area contributed by atoms with Crippen LogP contribution in [0.2, 0.25) is 0 Å². The summed E-state index contributed by atoms with van der Waals surface area (Å²) in [5.74, 6) is 2.58. The van der Waals surface area contributed by atoms with Crippen molar-refractivity contribution in [3.63, 3.8) is 0 Å². The van der Waals surface area contributed by atoms with Gasteiger partial charge >= 0.3 is 0 Å². The number of imidazole rings is 1. The highest BCUT2D eigenvalue weighted by Crippen LogP contribution is 2.25. The molecule has 1 atom stereocenters. The molecule has 1 aromatic heterocycles. The number of aryl methyl sites for hydroxylation is 1. The molecule has 5 nitrogen and oxygen atoms in total. The molecular weight excluding hydrogens is 276 g/mol. The third kappa shape index (κ3) is 3.06. The molecule has 1 unspecified atom stereocenters. The van der Waals surface area contributed by atoms with E-state index >= 15 is 0 Å². The van der Waals surface area contributed by atoms with Crippen LogP contribution in [0.5, 0.6) is 0 Å². The maximum Gasteiger partial charge on any atom is 0.150 e. The zero-order chi connectivity index (χ0) is 14.2. The molecule has 1 N–H and O–H groups in total. The van der Waals surface area contributed by atoms with E-state index in [1.807, 2.05) is 0 Å². The fourth-order valence-electron chi connectivity index (χ4n) is 3.26. The summed E-state index contributed by atoms with van der Waals surface area (Å²) in [6, 6.07) is 0. The molecule has 1 fully saturated rings. The van der Waals surface area contributed by atoms with Crippen LogP contribution in [0, 0.1) is 11.8 Å². The number of hydrogen-bond acceptors (Lipinski definition) is 4. The highest BCUT2D eigenvalue weighted by Gasteiger charge is 2.25. The number of aromatic nitrogens is 2. The van der Waals surface area contributed by atoms with Gasteiger partial charge in [-0.3, -0.25) is 0 Å².